The van der Waals surface area contributed by atoms with Gasteiger partial charge in [-0.25, -0.2) is 0 Å². The highest BCUT2D eigenvalue weighted by Crippen LogP contribution is 2.28. The van der Waals surface area contributed by atoms with E-state index in [2.05, 4.69) is 10.6 Å². The van der Waals surface area contributed by atoms with Gasteiger partial charge in [-0.3, -0.25) is 4.79 Å². The molecule has 0 heterocycles. The number of ether oxygens (including phenoxy) is 2. The second-order valence-corrected chi connectivity index (χ2v) is 6.85. The summed E-state index contributed by atoms with van der Waals surface area (Å²) >= 11 is 0. The van der Waals surface area contributed by atoms with E-state index in [0.717, 1.165) is 12.6 Å². The molecular weight excluding hydrogens is 316 g/mol. The molecule has 1 saturated carbocycles. The average molecular weight is 343 g/mol. The normalized spacial score (nSPS) is 13.9. The largest absolute Gasteiger partial charge is 1.00 e. The predicted octanol–water partition coefficient (Wildman–Crippen LogP) is -1.78. The van der Waals surface area contributed by atoms with Crippen LogP contribution in [-0.2, 0) is 11.3 Å². The number of carbonyl (C=O) groups excluding carboxylic acids is 1. The molecule has 0 unspecified atom stereocenters. The zero-order valence-corrected chi connectivity index (χ0v) is 15.1. The molecule has 0 saturated heterocycles. The number of carbonyl (C=O) groups is 1. The van der Waals surface area contributed by atoms with Crippen molar-refractivity contribution in [1.29, 1.82) is 0 Å². The van der Waals surface area contributed by atoms with Crippen LogP contribution in [0.25, 0.3) is 0 Å². The maximum Gasteiger partial charge on any atom is 0.258 e. The molecule has 0 aromatic heterocycles. The van der Waals surface area contributed by atoms with E-state index in [1.165, 1.54) is 18.4 Å². The molecule has 1 aliphatic rings. The third-order valence-corrected chi connectivity index (χ3v) is 3.41. The van der Waals surface area contributed by atoms with Crippen LogP contribution in [0.4, 0.5) is 0 Å². The van der Waals surface area contributed by atoms with E-state index in [1.807, 2.05) is 39.0 Å². The van der Waals surface area contributed by atoms with Gasteiger partial charge < -0.3 is 32.5 Å². The molecule has 1 aliphatic carbocycles. The highest BCUT2D eigenvalue weighted by molar-refractivity contribution is 5.78. The number of rotatable bonds is 7. The second kappa shape index (κ2) is 8.41. The molecule has 130 valence electrons. The quantitative estimate of drug-likeness (QED) is 0.616. The van der Waals surface area contributed by atoms with E-state index in [1.54, 1.807) is 7.11 Å². The molecule has 3 N–H and O–H groups in total. The molecule has 2 rings (SSSR count). The van der Waals surface area contributed by atoms with Crippen LogP contribution in [0.15, 0.2) is 18.2 Å². The summed E-state index contributed by atoms with van der Waals surface area (Å²) in [6.45, 7) is 6.76. The van der Waals surface area contributed by atoms with Crippen LogP contribution in [0.5, 0.6) is 11.5 Å². The minimum absolute atomic E-state index is 0. The van der Waals surface area contributed by atoms with Crippen molar-refractivity contribution in [3.8, 4) is 11.5 Å². The molecule has 0 aliphatic heterocycles. The van der Waals surface area contributed by atoms with Gasteiger partial charge in [-0.2, -0.15) is 0 Å². The number of hydrogen-bond donors (Lipinski definition) is 2. The standard InChI is InChI=1S/C17H26N2O3.ClH/c1-17(2,3)19-16(20)11-22-14-8-5-12(9-15(14)21-4)10-18-13-6-7-13;/h5,8-9,13,18H,6-7,10-11H2,1-4H3,(H,19,20);1H. The van der Waals surface area contributed by atoms with Crippen molar-refractivity contribution in [2.45, 2.75) is 51.7 Å². The molecule has 1 fully saturated rings. The molecule has 0 atom stereocenters. The summed E-state index contributed by atoms with van der Waals surface area (Å²) in [6, 6.07) is 6.68. The van der Waals surface area contributed by atoms with Crippen LogP contribution in [-0.4, -0.2) is 31.2 Å². The third kappa shape index (κ3) is 7.10. The van der Waals surface area contributed by atoms with E-state index in [4.69, 9.17) is 9.47 Å². The zero-order valence-electron chi connectivity index (χ0n) is 14.3. The lowest BCUT2D eigenvalue weighted by atomic mass is 10.1. The van der Waals surface area contributed by atoms with Gasteiger partial charge in [-0.05, 0) is 39.0 Å². The fraction of sp³-hybridized carbons (Fsp3) is 0.588. The molecule has 6 heteroatoms. The monoisotopic (exact) mass is 342 g/mol. The first-order valence-electron chi connectivity index (χ1n) is 7.81. The zero-order chi connectivity index (χ0) is 16.2. The topological polar surface area (TPSA) is 64.2 Å². The smallest absolute Gasteiger partial charge is 0.258 e. The van der Waals surface area contributed by atoms with E-state index in [0.29, 0.717) is 11.5 Å². The Morgan fingerprint density at radius 1 is 1.30 bits per heavy atom. The Morgan fingerprint density at radius 2 is 2.00 bits per heavy atom. The first-order valence-corrected chi connectivity index (χ1v) is 7.81. The number of amides is 1. The first kappa shape index (κ1) is 19.6. The maximum atomic E-state index is 11.8. The van der Waals surface area contributed by atoms with Crippen molar-refractivity contribution in [3.63, 3.8) is 0 Å². The number of nitrogens with two attached hydrogens (primary N) is 1. The summed E-state index contributed by atoms with van der Waals surface area (Å²) in [4.78, 5) is 11.8. The predicted molar refractivity (Wildman–Crippen MR) is 85.0 cm³/mol. The number of hydrogen-bond acceptors (Lipinski definition) is 3. The van der Waals surface area contributed by atoms with Crippen molar-refractivity contribution in [2.75, 3.05) is 13.7 Å². The number of nitrogens with one attached hydrogen (secondary N) is 1. The van der Waals surface area contributed by atoms with Gasteiger partial charge in [-0.15, -0.1) is 0 Å². The van der Waals surface area contributed by atoms with Crippen LogP contribution in [0.3, 0.4) is 0 Å². The molecular formula is C17H27ClN2O3. The highest BCUT2D eigenvalue weighted by atomic mass is 35.5. The first-order chi connectivity index (χ1) is 10.4. The number of benzene rings is 1. The lowest BCUT2D eigenvalue weighted by Crippen LogP contribution is -3.00. The van der Waals surface area contributed by atoms with E-state index in [-0.39, 0.29) is 30.5 Å². The van der Waals surface area contributed by atoms with Gasteiger partial charge >= 0.3 is 0 Å². The second-order valence-electron chi connectivity index (χ2n) is 6.85. The number of quaternary nitrogens is 1. The summed E-state index contributed by atoms with van der Waals surface area (Å²) < 4.78 is 11.0. The lowest BCUT2D eigenvalue weighted by Gasteiger charge is -2.20. The SMILES string of the molecule is COc1cc(C[NH2+]C2CC2)ccc1OCC(=O)NC(C)(C)C.[Cl-]. The van der Waals surface area contributed by atoms with Crippen LogP contribution < -0.4 is 32.5 Å². The molecule has 0 radical (unpaired) electrons. The molecule has 23 heavy (non-hydrogen) atoms. The highest BCUT2D eigenvalue weighted by Gasteiger charge is 2.24. The molecule has 0 bridgehead atoms. The minimum atomic E-state index is -0.257. The number of halogens is 1. The van der Waals surface area contributed by atoms with Gasteiger partial charge in [0, 0.05) is 23.9 Å². The van der Waals surface area contributed by atoms with Gasteiger partial charge in [0.1, 0.15) is 6.54 Å². The average Bonchev–Trinajstić information content (AvgIpc) is 3.25. The van der Waals surface area contributed by atoms with Gasteiger partial charge in [0.15, 0.2) is 18.1 Å². The lowest BCUT2D eigenvalue weighted by molar-refractivity contribution is -0.683. The Morgan fingerprint density at radius 3 is 2.57 bits per heavy atom. The molecule has 1 aromatic rings. The van der Waals surface area contributed by atoms with Gasteiger partial charge in [0.25, 0.3) is 5.91 Å². The number of methoxy groups -OCH3 is 1. The van der Waals surface area contributed by atoms with Gasteiger partial charge in [0.05, 0.1) is 13.2 Å². The summed E-state index contributed by atoms with van der Waals surface area (Å²) in [5.41, 5.74) is 0.947. The van der Waals surface area contributed by atoms with Crippen LogP contribution in [0.1, 0.15) is 39.2 Å². The van der Waals surface area contributed by atoms with E-state index in [9.17, 15) is 4.79 Å². The minimum Gasteiger partial charge on any atom is -1.00 e. The Balaban J connectivity index is 0.00000264. The Hall–Kier alpha value is -1.46. The van der Waals surface area contributed by atoms with Crippen molar-refractivity contribution >= 4 is 5.91 Å². The fourth-order valence-electron chi connectivity index (χ4n) is 2.19. The molecule has 1 aromatic carbocycles. The Labute approximate surface area is 144 Å². The van der Waals surface area contributed by atoms with E-state index < -0.39 is 0 Å². The molecule has 5 nitrogen and oxygen atoms in total. The third-order valence-electron chi connectivity index (χ3n) is 3.41. The summed E-state index contributed by atoms with van der Waals surface area (Å²) in [5, 5.41) is 5.22. The fourth-order valence-corrected chi connectivity index (χ4v) is 2.19. The Bertz CT molecular complexity index is 525. The van der Waals surface area contributed by atoms with Crippen LogP contribution in [0, 0.1) is 0 Å². The molecule has 0 spiro atoms. The van der Waals surface area contributed by atoms with Gasteiger partial charge in [-0.1, -0.05) is 0 Å². The van der Waals surface area contributed by atoms with Crippen molar-refractivity contribution in [2.24, 2.45) is 0 Å². The van der Waals surface area contributed by atoms with Crippen molar-refractivity contribution < 1.29 is 32.0 Å². The van der Waals surface area contributed by atoms with Crippen LogP contribution >= 0.6 is 0 Å². The molecule has 1 amide bonds. The summed E-state index contributed by atoms with van der Waals surface area (Å²) in [7, 11) is 1.62. The summed E-state index contributed by atoms with van der Waals surface area (Å²) in [5.74, 6) is 1.13. The van der Waals surface area contributed by atoms with Crippen molar-refractivity contribution in [3.05, 3.63) is 23.8 Å². The summed E-state index contributed by atoms with van der Waals surface area (Å²) in [6.07, 6.45) is 2.64. The Kier molecular flexibility index (Phi) is 7.16. The van der Waals surface area contributed by atoms with Gasteiger partial charge in [0.2, 0.25) is 0 Å². The van der Waals surface area contributed by atoms with E-state index >= 15 is 0 Å². The maximum absolute atomic E-state index is 11.8. The van der Waals surface area contributed by atoms with Crippen molar-refractivity contribution in [1.82, 2.24) is 5.32 Å². The van der Waals surface area contributed by atoms with Crippen LogP contribution in [0.2, 0.25) is 0 Å².